The van der Waals surface area contributed by atoms with Crippen LogP contribution in [-0.4, -0.2) is 13.1 Å². The molecule has 2 aliphatic rings. The SMILES string of the molecule is C1=CC2=CC=C1C2.CCNc1ccccc1-c1cccc(C)c1-c1ccccc1NCC. The number of anilines is 2. The average Bonchev–Trinajstić information content (AvgIpc) is 3.47. The van der Waals surface area contributed by atoms with Crippen LogP contribution in [0.1, 0.15) is 25.8 Å². The van der Waals surface area contributed by atoms with Gasteiger partial charge in [-0.1, -0.05) is 78.9 Å². The molecule has 5 rings (SSSR count). The Labute approximate surface area is 192 Å². The lowest BCUT2D eigenvalue weighted by Crippen LogP contribution is -2.01. The minimum Gasteiger partial charge on any atom is -0.385 e. The minimum atomic E-state index is 0.909. The molecule has 0 radical (unpaired) electrons. The molecule has 32 heavy (non-hydrogen) atoms. The van der Waals surface area contributed by atoms with Crippen LogP contribution in [0.5, 0.6) is 0 Å². The molecule has 0 amide bonds. The Bertz CT molecular complexity index is 1160. The zero-order valence-corrected chi connectivity index (χ0v) is 19.3. The van der Waals surface area contributed by atoms with E-state index in [0.29, 0.717) is 0 Å². The first-order valence-corrected chi connectivity index (χ1v) is 11.5. The van der Waals surface area contributed by atoms with Crippen LogP contribution in [0.2, 0.25) is 0 Å². The van der Waals surface area contributed by atoms with Crippen LogP contribution < -0.4 is 10.6 Å². The number of para-hydroxylation sites is 2. The van der Waals surface area contributed by atoms with Gasteiger partial charge in [0.1, 0.15) is 0 Å². The van der Waals surface area contributed by atoms with Crippen molar-refractivity contribution < 1.29 is 0 Å². The first kappa shape index (κ1) is 21.7. The van der Waals surface area contributed by atoms with Gasteiger partial charge in [-0.15, -0.1) is 0 Å². The number of rotatable bonds is 6. The van der Waals surface area contributed by atoms with Crippen molar-refractivity contribution in [3.8, 4) is 22.3 Å². The van der Waals surface area contributed by atoms with Gasteiger partial charge < -0.3 is 10.6 Å². The Kier molecular flexibility index (Phi) is 6.91. The maximum Gasteiger partial charge on any atom is 0.0420 e. The third-order valence-electron chi connectivity index (χ3n) is 5.85. The van der Waals surface area contributed by atoms with Gasteiger partial charge in [-0.3, -0.25) is 0 Å². The third kappa shape index (κ3) is 4.70. The van der Waals surface area contributed by atoms with E-state index < -0.39 is 0 Å². The maximum absolute atomic E-state index is 3.50. The summed E-state index contributed by atoms with van der Waals surface area (Å²) in [5.74, 6) is 0. The highest BCUT2D eigenvalue weighted by molar-refractivity contribution is 5.94. The first-order valence-electron chi connectivity index (χ1n) is 11.5. The Morgan fingerprint density at radius 2 is 1.16 bits per heavy atom. The summed E-state index contributed by atoms with van der Waals surface area (Å²) in [6.45, 7) is 8.28. The summed E-state index contributed by atoms with van der Waals surface area (Å²) in [5.41, 5.74) is 11.6. The predicted molar refractivity (Wildman–Crippen MR) is 140 cm³/mol. The highest BCUT2D eigenvalue weighted by atomic mass is 14.9. The number of nitrogens with one attached hydrogen (secondary N) is 2. The second kappa shape index (κ2) is 10.2. The maximum atomic E-state index is 3.50. The summed E-state index contributed by atoms with van der Waals surface area (Å²) in [7, 11) is 0. The van der Waals surface area contributed by atoms with Crippen molar-refractivity contribution in [3.05, 3.63) is 108 Å². The molecule has 162 valence electrons. The number of hydrogen-bond donors (Lipinski definition) is 2. The van der Waals surface area contributed by atoms with Gasteiger partial charge in [0.05, 0.1) is 0 Å². The molecule has 3 aromatic carbocycles. The van der Waals surface area contributed by atoms with Gasteiger partial charge in [-0.05, 0) is 67.2 Å². The molecule has 0 saturated carbocycles. The first-order chi connectivity index (χ1) is 15.7. The standard InChI is InChI=1S/C23H26N2.C7H6/c1-4-24-21-15-8-6-12-18(21)19-14-10-11-17(3)23(19)20-13-7-9-16-22(20)25-5-2;1-2-7-4-3-6(1)5-7/h6-16,24-25H,4-5H2,1-3H3;1-4H,5H2. The van der Waals surface area contributed by atoms with E-state index in [1.54, 1.807) is 0 Å². The van der Waals surface area contributed by atoms with Crippen LogP contribution >= 0.6 is 0 Å². The second-order valence-electron chi connectivity index (χ2n) is 8.14. The number of allylic oxidation sites excluding steroid dienone is 6. The minimum absolute atomic E-state index is 0.909. The molecule has 2 aliphatic carbocycles. The molecule has 0 heterocycles. The van der Waals surface area contributed by atoms with Gasteiger partial charge in [0.15, 0.2) is 0 Å². The largest absolute Gasteiger partial charge is 0.385 e. The molecular weight excluding hydrogens is 388 g/mol. The lowest BCUT2D eigenvalue weighted by Gasteiger charge is -2.19. The van der Waals surface area contributed by atoms with Gasteiger partial charge in [-0.2, -0.15) is 0 Å². The number of fused-ring (bicyclic) bond motifs is 2. The van der Waals surface area contributed by atoms with Crippen LogP contribution in [-0.2, 0) is 0 Å². The topological polar surface area (TPSA) is 24.1 Å². The summed E-state index contributed by atoms with van der Waals surface area (Å²) >= 11 is 0. The fourth-order valence-electron chi connectivity index (χ4n) is 4.37. The van der Waals surface area contributed by atoms with Crippen molar-refractivity contribution >= 4 is 11.4 Å². The smallest absolute Gasteiger partial charge is 0.0420 e. The van der Waals surface area contributed by atoms with Crippen LogP contribution in [0.15, 0.2) is 102 Å². The van der Waals surface area contributed by atoms with Crippen molar-refractivity contribution in [2.45, 2.75) is 27.2 Å². The Morgan fingerprint density at radius 3 is 1.69 bits per heavy atom. The van der Waals surface area contributed by atoms with E-state index in [1.807, 2.05) is 0 Å². The lowest BCUT2D eigenvalue weighted by molar-refractivity contribution is 1.21. The molecule has 0 aromatic heterocycles. The van der Waals surface area contributed by atoms with E-state index in [1.165, 1.54) is 56.8 Å². The van der Waals surface area contributed by atoms with E-state index >= 15 is 0 Å². The van der Waals surface area contributed by atoms with Gasteiger partial charge >= 0.3 is 0 Å². The average molecular weight is 421 g/mol. The normalized spacial score (nSPS) is 13.2. The molecule has 0 saturated heterocycles. The number of aryl methyl sites for hydroxylation is 1. The van der Waals surface area contributed by atoms with Crippen LogP contribution in [0, 0.1) is 6.92 Å². The highest BCUT2D eigenvalue weighted by Crippen LogP contribution is 2.40. The molecule has 0 atom stereocenters. The molecule has 2 nitrogen and oxygen atoms in total. The predicted octanol–water partition coefficient (Wildman–Crippen LogP) is 8.01. The fraction of sp³-hybridized carbons (Fsp3) is 0.200. The molecular formula is C30H32N2. The van der Waals surface area contributed by atoms with Gasteiger partial charge in [0, 0.05) is 35.6 Å². The molecule has 0 fully saturated rings. The molecule has 2 heteroatoms. The van der Waals surface area contributed by atoms with Crippen LogP contribution in [0.4, 0.5) is 11.4 Å². The molecule has 0 spiro atoms. The Hall–Kier alpha value is -3.52. The zero-order valence-electron chi connectivity index (χ0n) is 19.3. The van der Waals surface area contributed by atoms with Crippen molar-refractivity contribution in [1.82, 2.24) is 0 Å². The van der Waals surface area contributed by atoms with E-state index in [9.17, 15) is 0 Å². The highest BCUT2D eigenvalue weighted by Gasteiger charge is 2.15. The van der Waals surface area contributed by atoms with E-state index in [2.05, 4.69) is 122 Å². The molecule has 3 aromatic rings. The van der Waals surface area contributed by atoms with E-state index in [-0.39, 0.29) is 0 Å². The summed E-state index contributed by atoms with van der Waals surface area (Å²) in [6.07, 6.45) is 9.90. The monoisotopic (exact) mass is 420 g/mol. The van der Waals surface area contributed by atoms with Gasteiger partial charge in [-0.25, -0.2) is 0 Å². The summed E-state index contributed by atoms with van der Waals surface area (Å²) in [4.78, 5) is 0. The van der Waals surface area contributed by atoms with Gasteiger partial charge in [0.2, 0.25) is 0 Å². The Morgan fingerprint density at radius 1 is 0.625 bits per heavy atom. The van der Waals surface area contributed by atoms with Crippen molar-refractivity contribution in [2.24, 2.45) is 0 Å². The van der Waals surface area contributed by atoms with Gasteiger partial charge in [0.25, 0.3) is 0 Å². The van der Waals surface area contributed by atoms with Crippen molar-refractivity contribution in [1.29, 1.82) is 0 Å². The van der Waals surface area contributed by atoms with Crippen LogP contribution in [0.25, 0.3) is 22.3 Å². The molecule has 0 aliphatic heterocycles. The Balaban J connectivity index is 0.000000292. The fourth-order valence-corrected chi connectivity index (χ4v) is 4.37. The van der Waals surface area contributed by atoms with E-state index in [4.69, 9.17) is 0 Å². The summed E-state index contributed by atoms with van der Waals surface area (Å²) < 4.78 is 0. The van der Waals surface area contributed by atoms with E-state index in [0.717, 1.165) is 13.1 Å². The second-order valence-corrected chi connectivity index (χ2v) is 8.14. The van der Waals surface area contributed by atoms with Crippen LogP contribution in [0.3, 0.4) is 0 Å². The summed E-state index contributed by atoms with van der Waals surface area (Å²) in [5, 5.41) is 7.00. The van der Waals surface area contributed by atoms with Crippen molar-refractivity contribution in [3.63, 3.8) is 0 Å². The molecule has 2 bridgehead atoms. The third-order valence-corrected chi connectivity index (χ3v) is 5.85. The number of benzene rings is 3. The lowest BCUT2D eigenvalue weighted by atomic mass is 9.89. The van der Waals surface area contributed by atoms with Crippen molar-refractivity contribution in [2.75, 3.05) is 23.7 Å². The number of hydrogen-bond acceptors (Lipinski definition) is 2. The molecule has 0 unspecified atom stereocenters. The zero-order chi connectivity index (χ0) is 22.3. The molecule has 2 N–H and O–H groups in total. The summed E-state index contributed by atoms with van der Waals surface area (Å²) in [6, 6.07) is 23.7. The quantitative estimate of drug-likeness (QED) is 0.422.